The van der Waals surface area contributed by atoms with Crippen molar-refractivity contribution in [2.24, 2.45) is 0 Å². The third-order valence-electron chi connectivity index (χ3n) is 7.96. The van der Waals surface area contributed by atoms with Crippen molar-refractivity contribution < 1.29 is 18.0 Å². The molecule has 0 fully saturated rings. The number of sulfonamides is 1. The summed E-state index contributed by atoms with van der Waals surface area (Å²) in [5.74, 6) is -0.740. The SMILES string of the molecule is CCCCNC(=O)[C@H](Cc1ccccc1)N(Cc1ccc(C)cc1)C(=O)CN(c1ccc(C)c(C)c1)S(=O)(=O)c1ccccc1. The van der Waals surface area contributed by atoms with E-state index in [4.69, 9.17) is 0 Å². The second kappa shape index (κ2) is 15.5. The van der Waals surface area contributed by atoms with Gasteiger partial charge in [0, 0.05) is 19.5 Å². The van der Waals surface area contributed by atoms with E-state index in [9.17, 15) is 18.0 Å². The standard InChI is InChI=1S/C37H43N3O4S/c1-5-6-23-38-37(42)35(25-31-13-9-7-10-14-31)39(26-32-20-17-28(2)18-21-32)36(41)27-40(33-22-19-29(3)30(4)24-33)45(43,44)34-15-11-8-12-16-34/h7-22,24,35H,5-6,23,25-27H2,1-4H3,(H,38,42)/t35-/m0/s1. The van der Waals surface area contributed by atoms with Crippen LogP contribution in [0.3, 0.4) is 0 Å². The number of amides is 2. The molecule has 4 rings (SSSR count). The molecule has 0 saturated heterocycles. The molecule has 0 bridgehead atoms. The smallest absolute Gasteiger partial charge is 0.264 e. The highest BCUT2D eigenvalue weighted by molar-refractivity contribution is 7.92. The van der Waals surface area contributed by atoms with E-state index < -0.39 is 28.5 Å². The average molecular weight is 626 g/mol. The molecule has 0 aromatic heterocycles. The molecule has 2 amide bonds. The fourth-order valence-corrected chi connectivity index (χ4v) is 6.51. The van der Waals surface area contributed by atoms with Crippen molar-refractivity contribution in [3.8, 4) is 0 Å². The van der Waals surface area contributed by atoms with Gasteiger partial charge in [0.1, 0.15) is 12.6 Å². The molecular formula is C37H43N3O4S. The zero-order chi connectivity index (χ0) is 32.4. The average Bonchev–Trinajstić information content (AvgIpc) is 3.04. The van der Waals surface area contributed by atoms with Crippen LogP contribution in [0.5, 0.6) is 0 Å². The first-order valence-corrected chi connectivity index (χ1v) is 16.9. The minimum Gasteiger partial charge on any atom is -0.354 e. The van der Waals surface area contributed by atoms with Crippen LogP contribution < -0.4 is 9.62 Å². The number of hydrogen-bond acceptors (Lipinski definition) is 4. The van der Waals surface area contributed by atoms with Gasteiger partial charge in [-0.1, -0.05) is 97.8 Å². The first-order valence-electron chi connectivity index (χ1n) is 15.4. The normalized spacial score (nSPS) is 11.9. The Morgan fingerprint density at radius 2 is 1.42 bits per heavy atom. The molecule has 0 radical (unpaired) electrons. The number of aryl methyl sites for hydroxylation is 3. The Morgan fingerprint density at radius 1 is 0.778 bits per heavy atom. The summed E-state index contributed by atoms with van der Waals surface area (Å²) in [5.41, 5.74) is 5.12. The van der Waals surface area contributed by atoms with Gasteiger partial charge in [-0.3, -0.25) is 13.9 Å². The van der Waals surface area contributed by atoms with Crippen LogP contribution in [0.2, 0.25) is 0 Å². The maximum Gasteiger partial charge on any atom is 0.264 e. The molecule has 7 nitrogen and oxygen atoms in total. The third-order valence-corrected chi connectivity index (χ3v) is 9.75. The van der Waals surface area contributed by atoms with Gasteiger partial charge in [0.05, 0.1) is 10.6 Å². The molecule has 0 aliphatic carbocycles. The van der Waals surface area contributed by atoms with Crippen molar-refractivity contribution in [3.05, 3.63) is 131 Å². The van der Waals surface area contributed by atoms with Gasteiger partial charge in [-0.25, -0.2) is 8.42 Å². The summed E-state index contributed by atoms with van der Waals surface area (Å²) in [7, 11) is -4.13. The van der Waals surface area contributed by atoms with Crippen LogP contribution in [0.1, 0.15) is 47.6 Å². The molecule has 4 aromatic carbocycles. The Bertz CT molecular complexity index is 1670. The zero-order valence-corrected chi connectivity index (χ0v) is 27.4. The van der Waals surface area contributed by atoms with E-state index in [1.165, 1.54) is 17.0 Å². The molecule has 0 heterocycles. The van der Waals surface area contributed by atoms with E-state index in [-0.39, 0.29) is 23.8 Å². The highest BCUT2D eigenvalue weighted by Gasteiger charge is 2.34. The Kier molecular flexibility index (Phi) is 11.5. The number of nitrogens with zero attached hydrogens (tertiary/aromatic N) is 2. The quantitative estimate of drug-likeness (QED) is 0.165. The van der Waals surface area contributed by atoms with Crippen molar-refractivity contribution in [3.63, 3.8) is 0 Å². The predicted octanol–water partition coefficient (Wildman–Crippen LogP) is 6.36. The lowest BCUT2D eigenvalue weighted by Crippen LogP contribution is -2.53. The Morgan fingerprint density at radius 3 is 2.04 bits per heavy atom. The van der Waals surface area contributed by atoms with Crippen LogP contribution in [0.15, 0.2) is 108 Å². The second-order valence-corrected chi connectivity index (χ2v) is 13.3. The number of anilines is 1. The van der Waals surface area contributed by atoms with Crippen LogP contribution in [0.4, 0.5) is 5.69 Å². The van der Waals surface area contributed by atoms with Gasteiger partial charge in [-0.2, -0.15) is 0 Å². The molecule has 236 valence electrons. The number of rotatable bonds is 14. The molecule has 8 heteroatoms. The maximum atomic E-state index is 14.5. The summed E-state index contributed by atoms with van der Waals surface area (Å²) >= 11 is 0. The van der Waals surface area contributed by atoms with Gasteiger partial charge >= 0.3 is 0 Å². The molecule has 4 aromatic rings. The first-order chi connectivity index (χ1) is 21.6. The summed E-state index contributed by atoms with van der Waals surface area (Å²) in [6.45, 7) is 8.06. The van der Waals surface area contributed by atoms with Gasteiger partial charge in [0.2, 0.25) is 11.8 Å². The molecule has 0 unspecified atom stereocenters. The molecule has 0 aliphatic rings. The minimum atomic E-state index is -4.13. The van der Waals surface area contributed by atoms with E-state index in [2.05, 4.69) is 12.2 Å². The van der Waals surface area contributed by atoms with Crippen molar-refractivity contribution in [1.29, 1.82) is 0 Å². The Balaban J connectivity index is 1.79. The van der Waals surface area contributed by atoms with Crippen molar-refractivity contribution >= 4 is 27.5 Å². The summed E-state index contributed by atoms with van der Waals surface area (Å²) in [4.78, 5) is 30.0. The van der Waals surface area contributed by atoms with Gasteiger partial charge in [-0.15, -0.1) is 0 Å². The number of benzene rings is 4. The third kappa shape index (κ3) is 8.82. The van der Waals surface area contributed by atoms with Gasteiger partial charge in [0.15, 0.2) is 0 Å². The lowest BCUT2D eigenvalue weighted by Gasteiger charge is -2.34. The molecule has 0 spiro atoms. The number of hydrogen-bond donors (Lipinski definition) is 1. The Labute approximate surface area is 268 Å². The van der Waals surface area contributed by atoms with Crippen LogP contribution in [0, 0.1) is 20.8 Å². The van der Waals surface area contributed by atoms with Gasteiger partial charge in [0.25, 0.3) is 10.0 Å². The zero-order valence-electron chi connectivity index (χ0n) is 26.6. The first kappa shape index (κ1) is 33.5. The summed E-state index contributed by atoms with van der Waals surface area (Å²) in [6.07, 6.45) is 2.01. The highest BCUT2D eigenvalue weighted by Crippen LogP contribution is 2.27. The lowest BCUT2D eigenvalue weighted by molar-refractivity contribution is -0.140. The minimum absolute atomic E-state index is 0.0826. The Hall–Kier alpha value is -4.43. The highest BCUT2D eigenvalue weighted by atomic mass is 32.2. The van der Waals surface area contributed by atoms with Crippen LogP contribution in [-0.4, -0.2) is 44.3 Å². The maximum absolute atomic E-state index is 14.5. The lowest BCUT2D eigenvalue weighted by atomic mass is 10.0. The van der Waals surface area contributed by atoms with E-state index in [0.717, 1.165) is 45.0 Å². The predicted molar refractivity (Wildman–Crippen MR) is 180 cm³/mol. The van der Waals surface area contributed by atoms with Crippen LogP contribution >= 0.6 is 0 Å². The molecule has 0 aliphatic heterocycles. The number of unbranched alkanes of at least 4 members (excludes halogenated alkanes) is 1. The van der Waals surface area contributed by atoms with E-state index >= 15 is 0 Å². The summed E-state index contributed by atoms with van der Waals surface area (Å²) in [6, 6.07) is 30.0. The molecule has 1 atom stereocenters. The largest absolute Gasteiger partial charge is 0.354 e. The van der Waals surface area contributed by atoms with Crippen molar-refractivity contribution in [2.75, 3.05) is 17.4 Å². The van der Waals surface area contributed by atoms with E-state index in [0.29, 0.717) is 12.2 Å². The second-order valence-electron chi connectivity index (χ2n) is 11.5. The van der Waals surface area contributed by atoms with Crippen LogP contribution in [0.25, 0.3) is 0 Å². The van der Waals surface area contributed by atoms with E-state index in [1.54, 1.807) is 30.3 Å². The van der Waals surface area contributed by atoms with Gasteiger partial charge < -0.3 is 10.2 Å². The molecule has 1 N–H and O–H groups in total. The monoisotopic (exact) mass is 625 g/mol. The van der Waals surface area contributed by atoms with Gasteiger partial charge in [-0.05, 0) is 73.7 Å². The topological polar surface area (TPSA) is 86.8 Å². The van der Waals surface area contributed by atoms with E-state index in [1.807, 2.05) is 81.4 Å². The number of nitrogens with one attached hydrogen (secondary N) is 1. The number of carbonyl (C=O) groups is 2. The van der Waals surface area contributed by atoms with Crippen molar-refractivity contribution in [1.82, 2.24) is 10.2 Å². The molecule has 0 saturated carbocycles. The fraction of sp³-hybridized carbons (Fsp3) is 0.297. The van der Waals surface area contributed by atoms with Crippen molar-refractivity contribution in [2.45, 2.75) is 64.4 Å². The number of carbonyl (C=O) groups excluding carboxylic acids is 2. The summed E-state index contributed by atoms with van der Waals surface area (Å²) < 4.78 is 29.4. The molecule has 45 heavy (non-hydrogen) atoms. The summed E-state index contributed by atoms with van der Waals surface area (Å²) in [5, 5.41) is 3.02. The fourth-order valence-electron chi connectivity index (χ4n) is 5.08. The van der Waals surface area contributed by atoms with Crippen LogP contribution in [-0.2, 0) is 32.6 Å². The molecular weight excluding hydrogens is 582 g/mol.